The summed E-state index contributed by atoms with van der Waals surface area (Å²) in [5, 5.41) is 3.46. The predicted molar refractivity (Wildman–Crippen MR) is 60.4 cm³/mol. The highest BCUT2D eigenvalue weighted by Gasteiger charge is 2.37. The second kappa shape index (κ2) is 5.52. The molecule has 2 nitrogen and oxygen atoms in total. The summed E-state index contributed by atoms with van der Waals surface area (Å²) in [6, 6.07) is 0.340. The third-order valence-electron chi connectivity index (χ3n) is 2.73. The normalized spacial score (nSPS) is 20.5. The van der Waals surface area contributed by atoms with Crippen LogP contribution in [-0.4, -0.2) is 25.3 Å². The molecule has 1 aliphatic carbocycles. The van der Waals surface area contributed by atoms with Crippen molar-refractivity contribution in [1.82, 2.24) is 5.32 Å². The molecule has 1 rings (SSSR count). The zero-order valence-electron chi connectivity index (χ0n) is 9.68. The van der Waals surface area contributed by atoms with Crippen LogP contribution in [0, 0.1) is 5.92 Å². The van der Waals surface area contributed by atoms with Crippen LogP contribution >= 0.6 is 0 Å². The highest BCUT2D eigenvalue weighted by Crippen LogP contribution is 2.36. The highest BCUT2D eigenvalue weighted by atomic mass is 16.5. The molecule has 0 aromatic rings. The average Bonchev–Trinajstić information content (AvgIpc) is 2.94. The highest BCUT2D eigenvalue weighted by molar-refractivity contribution is 5.08. The second-order valence-electron chi connectivity index (χ2n) is 4.14. The van der Waals surface area contributed by atoms with Crippen molar-refractivity contribution >= 4 is 0 Å². The van der Waals surface area contributed by atoms with Crippen molar-refractivity contribution in [3.05, 3.63) is 12.2 Å². The average molecular weight is 197 g/mol. The van der Waals surface area contributed by atoms with E-state index in [1.165, 1.54) is 18.4 Å². The van der Waals surface area contributed by atoms with Crippen molar-refractivity contribution in [2.24, 2.45) is 5.92 Å². The molecule has 1 saturated carbocycles. The van der Waals surface area contributed by atoms with Crippen LogP contribution in [0.25, 0.3) is 0 Å². The zero-order valence-corrected chi connectivity index (χ0v) is 9.68. The van der Waals surface area contributed by atoms with Crippen LogP contribution in [0.5, 0.6) is 0 Å². The molecular formula is C12H23NO. The number of ether oxygens (including phenoxy) is 1. The van der Waals surface area contributed by atoms with Gasteiger partial charge in [0, 0.05) is 6.61 Å². The van der Waals surface area contributed by atoms with Crippen LogP contribution < -0.4 is 5.32 Å². The molecule has 0 aliphatic heterocycles. The van der Waals surface area contributed by atoms with Gasteiger partial charge in [0.1, 0.15) is 0 Å². The van der Waals surface area contributed by atoms with Gasteiger partial charge in [-0.1, -0.05) is 19.1 Å². The first kappa shape index (κ1) is 11.7. The van der Waals surface area contributed by atoms with Crippen LogP contribution in [0.3, 0.4) is 0 Å². The third kappa shape index (κ3) is 3.10. The Balaban J connectivity index is 2.55. The molecule has 2 unspecified atom stereocenters. The molecule has 0 heterocycles. The van der Waals surface area contributed by atoms with Crippen LogP contribution in [-0.2, 0) is 4.74 Å². The Morgan fingerprint density at radius 2 is 2.14 bits per heavy atom. The molecule has 0 aromatic carbocycles. The van der Waals surface area contributed by atoms with Gasteiger partial charge in [0.2, 0.25) is 0 Å². The van der Waals surface area contributed by atoms with Gasteiger partial charge in [-0.25, -0.2) is 0 Å². The minimum absolute atomic E-state index is 0.340. The van der Waals surface area contributed by atoms with E-state index in [0.29, 0.717) is 12.1 Å². The summed E-state index contributed by atoms with van der Waals surface area (Å²) < 4.78 is 5.82. The van der Waals surface area contributed by atoms with Gasteiger partial charge in [-0.15, -0.1) is 0 Å². The van der Waals surface area contributed by atoms with E-state index in [1.54, 1.807) is 0 Å². The maximum Gasteiger partial charge on any atom is 0.0794 e. The lowest BCUT2D eigenvalue weighted by Gasteiger charge is -2.28. The van der Waals surface area contributed by atoms with E-state index in [4.69, 9.17) is 4.74 Å². The second-order valence-corrected chi connectivity index (χ2v) is 4.14. The molecule has 1 aliphatic rings. The molecule has 0 bridgehead atoms. The van der Waals surface area contributed by atoms with Crippen LogP contribution in [0.15, 0.2) is 12.2 Å². The Kier molecular flexibility index (Phi) is 4.63. The van der Waals surface area contributed by atoms with Gasteiger partial charge in [0.25, 0.3) is 0 Å². The SMILES string of the molecule is C=C(C)C(NCC)C(OCC)C1CC1. The van der Waals surface area contributed by atoms with E-state index in [-0.39, 0.29) is 0 Å². The van der Waals surface area contributed by atoms with Crippen molar-refractivity contribution in [2.45, 2.75) is 45.8 Å². The van der Waals surface area contributed by atoms with Crippen molar-refractivity contribution < 1.29 is 4.74 Å². The van der Waals surface area contributed by atoms with E-state index in [0.717, 1.165) is 19.1 Å². The lowest BCUT2D eigenvalue weighted by Crippen LogP contribution is -2.43. The number of rotatable bonds is 7. The number of hydrogen-bond donors (Lipinski definition) is 1. The quantitative estimate of drug-likeness (QED) is 0.633. The number of likely N-dealkylation sites (N-methyl/N-ethyl adjacent to an activating group) is 1. The minimum Gasteiger partial charge on any atom is -0.376 e. The molecule has 0 radical (unpaired) electrons. The van der Waals surface area contributed by atoms with Gasteiger partial charge < -0.3 is 10.1 Å². The first-order valence-corrected chi connectivity index (χ1v) is 5.71. The largest absolute Gasteiger partial charge is 0.376 e. The summed E-state index contributed by atoms with van der Waals surface area (Å²) in [5.74, 6) is 0.760. The predicted octanol–water partition coefficient (Wildman–Crippen LogP) is 2.36. The third-order valence-corrected chi connectivity index (χ3v) is 2.73. The first-order chi connectivity index (χ1) is 6.70. The fraction of sp³-hybridized carbons (Fsp3) is 0.833. The van der Waals surface area contributed by atoms with E-state index >= 15 is 0 Å². The van der Waals surface area contributed by atoms with Gasteiger partial charge in [-0.3, -0.25) is 0 Å². The lowest BCUT2D eigenvalue weighted by molar-refractivity contribution is 0.0284. The summed E-state index contributed by atoms with van der Waals surface area (Å²) >= 11 is 0. The van der Waals surface area contributed by atoms with Crippen LogP contribution in [0.1, 0.15) is 33.6 Å². The van der Waals surface area contributed by atoms with Crippen LogP contribution in [0.2, 0.25) is 0 Å². The summed E-state index contributed by atoms with van der Waals surface area (Å²) in [6.45, 7) is 12.1. The standard InChI is InChI=1S/C12H23NO/c1-5-13-11(9(3)4)12(14-6-2)10-7-8-10/h10-13H,3,5-8H2,1-2,4H3. The molecule has 82 valence electrons. The Morgan fingerprint density at radius 3 is 2.50 bits per heavy atom. The Hall–Kier alpha value is -0.340. The number of hydrogen-bond acceptors (Lipinski definition) is 2. The summed E-state index contributed by atoms with van der Waals surface area (Å²) in [6.07, 6.45) is 2.98. The molecule has 0 saturated heterocycles. The Morgan fingerprint density at radius 1 is 1.50 bits per heavy atom. The molecule has 1 fully saturated rings. The molecule has 2 heteroatoms. The van der Waals surface area contributed by atoms with Crippen molar-refractivity contribution in [3.63, 3.8) is 0 Å². The van der Waals surface area contributed by atoms with E-state index in [9.17, 15) is 0 Å². The van der Waals surface area contributed by atoms with Gasteiger partial charge >= 0.3 is 0 Å². The Labute approximate surface area is 87.7 Å². The van der Waals surface area contributed by atoms with Gasteiger partial charge in [0.05, 0.1) is 12.1 Å². The fourth-order valence-corrected chi connectivity index (χ4v) is 1.91. The van der Waals surface area contributed by atoms with Crippen molar-refractivity contribution in [2.75, 3.05) is 13.2 Å². The Bertz CT molecular complexity index is 187. The monoisotopic (exact) mass is 197 g/mol. The maximum absolute atomic E-state index is 5.82. The smallest absolute Gasteiger partial charge is 0.0794 e. The van der Waals surface area contributed by atoms with E-state index < -0.39 is 0 Å². The fourth-order valence-electron chi connectivity index (χ4n) is 1.91. The number of nitrogens with one attached hydrogen (secondary N) is 1. The zero-order chi connectivity index (χ0) is 10.6. The van der Waals surface area contributed by atoms with Gasteiger partial charge in [0.15, 0.2) is 0 Å². The van der Waals surface area contributed by atoms with Crippen molar-refractivity contribution in [1.29, 1.82) is 0 Å². The molecule has 1 N–H and O–H groups in total. The molecule has 0 amide bonds. The minimum atomic E-state index is 0.340. The van der Waals surface area contributed by atoms with E-state index in [1.807, 2.05) is 0 Å². The molecular weight excluding hydrogens is 174 g/mol. The van der Waals surface area contributed by atoms with Crippen LogP contribution in [0.4, 0.5) is 0 Å². The topological polar surface area (TPSA) is 21.3 Å². The molecule has 0 spiro atoms. The molecule has 14 heavy (non-hydrogen) atoms. The van der Waals surface area contributed by atoms with Gasteiger partial charge in [-0.2, -0.15) is 0 Å². The lowest BCUT2D eigenvalue weighted by atomic mass is 10.0. The maximum atomic E-state index is 5.82. The summed E-state index contributed by atoms with van der Waals surface area (Å²) in [7, 11) is 0. The van der Waals surface area contributed by atoms with E-state index in [2.05, 4.69) is 32.7 Å². The van der Waals surface area contributed by atoms with Crippen molar-refractivity contribution in [3.8, 4) is 0 Å². The van der Waals surface area contributed by atoms with Gasteiger partial charge in [-0.05, 0) is 39.2 Å². The summed E-state index contributed by atoms with van der Waals surface area (Å²) in [4.78, 5) is 0. The molecule has 2 atom stereocenters. The molecule has 0 aromatic heterocycles. The first-order valence-electron chi connectivity index (χ1n) is 5.71. The summed E-state index contributed by atoms with van der Waals surface area (Å²) in [5.41, 5.74) is 1.19.